The van der Waals surface area contributed by atoms with Crippen molar-refractivity contribution in [3.63, 3.8) is 0 Å². The molecular formula is C23H26FN5O. The molecule has 156 valence electrons. The van der Waals surface area contributed by atoms with Crippen molar-refractivity contribution in [1.29, 1.82) is 5.26 Å². The fourth-order valence-corrected chi connectivity index (χ4v) is 4.30. The summed E-state index contributed by atoms with van der Waals surface area (Å²) >= 11 is 0. The van der Waals surface area contributed by atoms with E-state index in [9.17, 15) is 9.18 Å². The van der Waals surface area contributed by atoms with Crippen LogP contribution in [0.1, 0.15) is 48.0 Å². The second-order valence-corrected chi connectivity index (χ2v) is 7.96. The van der Waals surface area contributed by atoms with E-state index in [0.29, 0.717) is 29.2 Å². The van der Waals surface area contributed by atoms with Gasteiger partial charge in [-0.3, -0.25) is 4.79 Å². The molecule has 2 aliphatic rings. The molecule has 1 N–H and O–H groups in total. The van der Waals surface area contributed by atoms with Gasteiger partial charge in [-0.15, -0.1) is 0 Å². The zero-order valence-electron chi connectivity index (χ0n) is 17.0. The number of likely N-dealkylation sites (tertiary alicyclic amines) is 1. The number of hydrogen-bond donors (Lipinski definition) is 1. The average Bonchev–Trinajstić information content (AvgIpc) is 2.79. The first-order chi connectivity index (χ1) is 14.7. The van der Waals surface area contributed by atoms with Gasteiger partial charge in [0.05, 0.1) is 22.9 Å². The number of anilines is 2. The van der Waals surface area contributed by atoms with E-state index in [1.807, 2.05) is 21.9 Å². The molecular weight excluding hydrogens is 381 g/mol. The number of halogens is 1. The van der Waals surface area contributed by atoms with E-state index < -0.39 is 0 Å². The molecule has 0 spiro atoms. The smallest absolute Gasteiger partial charge is 0.257 e. The zero-order chi connectivity index (χ0) is 20.9. The van der Waals surface area contributed by atoms with Gasteiger partial charge in [0.15, 0.2) is 0 Å². The van der Waals surface area contributed by atoms with Crippen molar-refractivity contribution in [3.05, 3.63) is 53.5 Å². The van der Waals surface area contributed by atoms with Crippen LogP contribution < -0.4 is 10.2 Å². The molecule has 1 unspecified atom stereocenters. The Balaban J connectivity index is 1.48. The van der Waals surface area contributed by atoms with E-state index in [0.717, 1.165) is 45.3 Å². The van der Waals surface area contributed by atoms with Gasteiger partial charge in [-0.1, -0.05) is 0 Å². The maximum atomic E-state index is 14.5. The van der Waals surface area contributed by atoms with Crippen LogP contribution in [0.5, 0.6) is 0 Å². The Bertz CT molecular complexity index is 951. The van der Waals surface area contributed by atoms with Crippen LogP contribution in [-0.4, -0.2) is 48.0 Å². The van der Waals surface area contributed by atoms with Crippen molar-refractivity contribution >= 4 is 17.4 Å². The number of pyridine rings is 1. The van der Waals surface area contributed by atoms with E-state index >= 15 is 0 Å². The van der Waals surface area contributed by atoms with E-state index in [1.54, 1.807) is 24.4 Å². The topological polar surface area (TPSA) is 72.3 Å². The number of amides is 1. The molecule has 0 bridgehead atoms. The van der Waals surface area contributed by atoms with Crippen molar-refractivity contribution in [2.75, 3.05) is 36.4 Å². The number of nitriles is 1. The molecule has 1 amide bonds. The van der Waals surface area contributed by atoms with Crippen molar-refractivity contribution < 1.29 is 9.18 Å². The minimum absolute atomic E-state index is 0.0242. The highest BCUT2D eigenvalue weighted by Crippen LogP contribution is 2.26. The summed E-state index contributed by atoms with van der Waals surface area (Å²) in [6.45, 7) is 2.95. The van der Waals surface area contributed by atoms with Crippen LogP contribution in [0.3, 0.4) is 0 Å². The quantitative estimate of drug-likeness (QED) is 0.835. The maximum Gasteiger partial charge on any atom is 0.257 e. The van der Waals surface area contributed by atoms with Crippen LogP contribution in [0.15, 0.2) is 36.5 Å². The summed E-state index contributed by atoms with van der Waals surface area (Å²) in [7, 11) is 0. The summed E-state index contributed by atoms with van der Waals surface area (Å²) in [4.78, 5) is 21.4. The van der Waals surface area contributed by atoms with Crippen LogP contribution >= 0.6 is 0 Å². The standard InChI is InChI=1S/C23H26FN5O/c24-20-14-17(15-25)8-9-21(20)29-13-5-6-18(16-29)27-22-19(7-4-10-26-22)23(30)28-11-2-1-3-12-28/h4,7-10,14,18H,1-3,5-6,11-13,16H2,(H,26,27). The summed E-state index contributed by atoms with van der Waals surface area (Å²) in [5, 5.41) is 12.4. The first kappa shape index (κ1) is 20.1. The number of carbonyl (C=O) groups is 1. The van der Waals surface area contributed by atoms with Crippen molar-refractivity contribution in [2.45, 2.75) is 38.1 Å². The predicted molar refractivity (Wildman–Crippen MR) is 114 cm³/mol. The molecule has 0 radical (unpaired) electrons. The Morgan fingerprint density at radius 1 is 1.17 bits per heavy atom. The van der Waals surface area contributed by atoms with E-state index in [1.165, 1.54) is 12.5 Å². The van der Waals surface area contributed by atoms with E-state index in [4.69, 9.17) is 5.26 Å². The number of carbonyl (C=O) groups excluding carboxylic acids is 1. The minimum Gasteiger partial charge on any atom is -0.367 e. The molecule has 2 aromatic rings. The number of benzene rings is 1. The van der Waals surface area contributed by atoms with Gasteiger partial charge in [-0.25, -0.2) is 9.37 Å². The van der Waals surface area contributed by atoms with Gasteiger partial charge in [0, 0.05) is 38.4 Å². The lowest BCUT2D eigenvalue weighted by molar-refractivity contribution is 0.0725. The minimum atomic E-state index is -0.381. The van der Waals surface area contributed by atoms with Gasteiger partial charge in [0.1, 0.15) is 11.6 Å². The third kappa shape index (κ3) is 4.38. The number of rotatable bonds is 4. The normalized spacial score (nSPS) is 19.3. The summed E-state index contributed by atoms with van der Waals surface area (Å²) in [5.41, 5.74) is 1.42. The molecule has 2 aliphatic heterocycles. The summed E-state index contributed by atoms with van der Waals surface area (Å²) in [6, 6.07) is 10.2. The van der Waals surface area contributed by atoms with Crippen molar-refractivity contribution in [2.24, 2.45) is 0 Å². The molecule has 4 rings (SSSR count). The molecule has 6 nitrogen and oxygen atoms in total. The molecule has 2 saturated heterocycles. The number of hydrogen-bond acceptors (Lipinski definition) is 5. The zero-order valence-corrected chi connectivity index (χ0v) is 17.0. The maximum absolute atomic E-state index is 14.5. The number of piperidine rings is 2. The monoisotopic (exact) mass is 407 g/mol. The fourth-order valence-electron chi connectivity index (χ4n) is 4.30. The van der Waals surface area contributed by atoms with Crippen molar-refractivity contribution in [1.82, 2.24) is 9.88 Å². The Morgan fingerprint density at radius 2 is 2.00 bits per heavy atom. The van der Waals surface area contributed by atoms with Crippen LogP contribution in [0, 0.1) is 17.1 Å². The summed E-state index contributed by atoms with van der Waals surface area (Å²) < 4.78 is 14.5. The van der Waals surface area contributed by atoms with E-state index in [-0.39, 0.29) is 17.8 Å². The molecule has 2 fully saturated rings. The van der Waals surface area contributed by atoms with Crippen LogP contribution in [0.25, 0.3) is 0 Å². The third-order valence-corrected chi connectivity index (χ3v) is 5.86. The van der Waals surface area contributed by atoms with Gasteiger partial charge < -0.3 is 15.1 Å². The third-order valence-electron chi connectivity index (χ3n) is 5.86. The fraction of sp³-hybridized carbons (Fsp3) is 0.435. The molecule has 3 heterocycles. The SMILES string of the molecule is N#Cc1ccc(N2CCCC(Nc3ncccc3C(=O)N3CCCCC3)C2)c(F)c1. The van der Waals surface area contributed by atoms with Gasteiger partial charge in [-0.05, 0) is 62.4 Å². The highest BCUT2D eigenvalue weighted by molar-refractivity contribution is 5.98. The molecule has 1 atom stereocenters. The molecule has 1 aromatic carbocycles. The first-order valence-electron chi connectivity index (χ1n) is 10.6. The average molecular weight is 407 g/mol. The number of aromatic nitrogens is 1. The second-order valence-electron chi connectivity index (χ2n) is 7.96. The van der Waals surface area contributed by atoms with Gasteiger partial charge in [-0.2, -0.15) is 5.26 Å². The van der Waals surface area contributed by atoms with Gasteiger partial charge in [0.2, 0.25) is 0 Å². The highest BCUT2D eigenvalue weighted by Gasteiger charge is 2.26. The largest absolute Gasteiger partial charge is 0.367 e. The number of nitrogens with one attached hydrogen (secondary N) is 1. The summed E-state index contributed by atoms with van der Waals surface area (Å²) in [5.74, 6) is 0.241. The lowest BCUT2D eigenvalue weighted by Crippen LogP contribution is -2.43. The Morgan fingerprint density at radius 3 is 2.77 bits per heavy atom. The van der Waals surface area contributed by atoms with Crippen LogP contribution in [0.2, 0.25) is 0 Å². The second kappa shape index (κ2) is 9.12. The van der Waals surface area contributed by atoms with Crippen LogP contribution in [0.4, 0.5) is 15.9 Å². The summed E-state index contributed by atoms with van der Waals surface area (Å²) in [6.07, 6.45) is 6.77. The predicted octanol–water partition coefficient (Wildman–Crippen LogP) is 3.80. The van der Waals surface area contributed by atoms with Crippen LogP contribution in [-0.2, 0) is 0 Å². The first-order valence-corrected chi connectivity index (χ1v) is 10.6. The Hall–Kier alpha value is -3.14. The highest BCUT2D eigenvalue weighted by atomic mass is 19.1. The van der Waals surface area contributed by atoms with E-state index in [2.05, 4.69) is 10.3 Å². The molecule has 0 saturated carbocycles. The molecule has 30 heavy (non-hydrogen) atoms. The lowest BCUT2D eigenvalue weighted by atomic mass is 10.0. The molecule has 0 aliphatic carbocycles. The number of nitrogens with zero attached hydrogens (tertiary/aromatic N) is 4. The molecule has 7 heteroatoms. The molecule has 1 aromatic heterocycles. The lowest BCUT2D eigenvalue weighted by Gasteiger charge is -2.35. The Labute approximate surface area is 176 Å². The van der Waals surface area contributed by atoms with Crippen molar-refractivity contribution in [3.8, 4) is 6.07 Å². The van der Waals surface area contributed by atoms with Gasteiger partial charge in [0.25, 0.3) is 5.91 Å². The Kier molecular flexibility index (Phi) is 6.12. The van der Waals surface area contributed by atoms with Gasteiger partial charge >= 0.3 is 0 Å².